The highest BCUT2D eigenvalue weighted by atomic mass is 79.9. The molecule has 0 aliphatic heterocycles. The molecule has 0 aromatic heterocycles. The third-order valence-corrected chi connectivity index (χ3v) is 4.90. The number of amides is 2. The van der Waals surface area contributed by atoms with E-state index in [9.17, 15) is 9.59 Å². The molecule has 0 bridgehead atoms. The van der Waals surface area contributed by atoms with Gasteiger partial charge in [0, 0.05) is 18.1 Å². The maximum absolute atomic E-state index is 12.9. The Morgan fingerprint density at radius 2 is 1.81 bits per heavy atom. The number of benzene rings is 2. The van der Waals surface area contributed by atoms with Gasteiger partial charge in [0.2, 0.25) is 5.91 Å². The molecule has 0 aliphatic carbocycles. The van der Waals surface area contributed by atoms with Crippen LogP contribution in [-0.4, -0.2) is 36.4 Å². The van der Waals surface area contributed by atoms with Crippen molar-refractivity contribution in [2.24, 2.45) is 0 Å². The zero-order chi connectivity index (χ0) is 20.0. The van der Waals surface area contributed by atoms with Gasteiger partial charge >= 0.3 is 0 Å². The van der Waals surface area contributed by atoms with Crippen LogP contribution < -0.4 is 10.1 Å². The van der Waals surface area contributed by atoms with E-state index in [1.54, 1.807) is 14.0 Å². The molecule has 1 unspecified atom stereocenters. The summed E-state index contributed by atoms with van der Waals surface area (Å²) in [5.41, 5.74) is 2.97. The molecule has 0 aliphatic rings. The number of halogens is 1. The van der Waals surface area contributed by atoms with Crippen molar-refractivity contribution >= 4 is 27.7 Å². The number of nitrogens with one attached hydrogen (secondary N) is 1. The minimum Gasteiger partial charge on any atom is -0.483 e. The van der Waals surface area contributed by atoms with Crippen LogP contribution in [0.25, 0.3) is 0 Å². The molecule has 0 fully saturated rings. The predicted octanol–water partition coefficient (Wildman–Crippen LogP) is 3.61. The van der Waals surface area contributed by atoms with E-state index in [0.29, 0.717) is 12.3 Å². The van der Waals surface area contributed by atoms with Crippen molar-refractivity contribution in [1.29, 1.82) is 0 Å². The molecule has 2 aromatic rings. The maximum atomic E-state index is 12.9. The van der Waals surface area contributed by atoms with Crippen LogP contribution in [0.15, 0.2) is 46.9 Å². The lowest BCUT2D eigenvalue weighted by Gasteiger charge is -2.28. The lowest BCUT2D eigenvalue weighted by Crippen LogP contribution is -2.48. The predicted molar refractivity (Wildman–Crippen MR) is 110 cm³/mol. The first-order valence-electron chi connectivity index (χ1n) is 8.77. The lowest BCUT2D eigenvalue weighted by molar-refractivity contribution is -0.142. The van der Waals surface area contributed by atoms with Crippen molar-refractivity contribution in [1.82, 2.24) is 10.2 Å². The van der Waals surface area contributed by atoms with Crippen LogP contribution in [0.1, 0.15) is 23.6 Å². The van der Waals surface area contributed by atoms with Gasteiger partial charge in [0.1, 0.15) is 11.8 Å². The van der Waals surface area contributed by atoms with Crippen LogP contribution in [0.4, 0.5) is 0 Å². The summed E-state index contributed by atoms with van der Waals surface area (Å²) in [4.78, 5) is 26.5. The molecule has 1 atom stereocenters. The number of nitrogens with zero attached hydrogens (tertiary/aromatic N) is 1. The first-order chi connectivity index (χ1) is 12.8. The molecular weight excluding hydrogens is 408 g/mol. The highest BCUT2D eigenvalue weighted by Gasteiger charge is 2.26. The number of rotatable bonds is 7. The van der Waals surface area contributed by atoms with Gasteiger partial charge in [-0.1, -0.05) is 40.2 Å². The standard InChI is InChI=1S/C21H25BrN2O3/c1-14-5-6-15(2)19(11-14)27-13-20(25)24(16(3)21(26)23-4)12-17-7-9-18(22)10-8-17/h5-11,16H,12-13H2,1-4H3,(H,23,26). The number of carbonyl (C=O) groups excluding carboxylic acids is 2. The van der Waals surface area contributed by atoms with Crippen molar-refractivity contribution in [3.63, 3.8) is 0 Å². The summed E-state index contributed by atoms with van der Waals surface area (Å²) in [6.45, 7) is 5.83. The molecule has 2 rings (SSSR count). The van der Waals surface area contributed by atoms with Crippen molar-refractivity contribution < 1.29 is 14.3 Å². The van der Waals surface area contributed by atoms with E-state index in [-0.39, 0.29) is 18.4 Å². The summed E-state index contributed by atoms with van der Waals surface area (Å²) in [5, 5.41) is 2.60. The fourth-order valence-corrected chi connectivity index (χ4v) is 2.93. The van der Waals surface area contributed by atoms with Gasteiger partial charge in [0.05, 0.1) is 0 Å². The van der Waals surface area contributed by atoms with Crippen LogP contribution in [0.5, 0.6) is 5.75 Å². The lowest BCUT2D eigenvalue weighted by atomic mass is 10.1. The van der Waals surface area contributed by atoms with Crippen LogP contribution in [0, 0.1) is 13.8 Å². The Morgan fingerprint density at radius 1 is 1.15 bits per heavy atom. The number of likely N-dealkylation sites (N-methyl/N-ethyl adjacent to an activating group) is 1. The van der Waals surface area contributed by atoms with Crippen LogP contribution in [0.2, 0.25) is 0 Å². The SMILES string of the molecule is CNC(=O)C(C)N(Cc1ccc(Br)cc1)C(=O)COc1cc(C)ccc1C. The topological polar surface area (TPSA) is 58.6 Å². The van der Waals surface area contributed by atoms with E-state index in [0.717, 1.165) is 21.2 Å². The van der Waals surface area contributed by atoms with Crippen LogP contribution >= 0.6 is 15.9 Å². The van der Waals surface area contributed by atoms with Crippen molar-refractivity contribution in [2.75, 3.05) is 13.7 Å². The van der Waals surface area contributed by atoms with E-state index in [1.807, 2.05) is 56.3 Å². The minimum absolute atomic E-state index is 0.123. The van der Waals surface area contributed by atoms with Crippen molar-refractivity contribution in [2.45, 2.75) is 33.4 Å². The molecule has 2 amide bonds. The van der Waals surface area contributed by atoms with E-state index >= 15 is 0 Å². The summed E-state index contributed by atoms with van der Waals surface area (Å²) >= 11 is 3.40. The fraction of sp³-hybridized carbons (Fsp3) is 0.333. The van der Waals surface area contributed by atoms with Crippen LogP contribution in [-0.2, 0) is 16.1 Å². The second kappa shape index (κ2) is 9.55. The highest BCUT2D eigenvalue weighted by molar-refractivity contribution is 9.10. The molecule has 27 heavy (non-hydrogen) atoms. The molecule has 0 radical (unpaired) electrons. The molecular formula is C21H25BrN2O3. The van der Waals surface area contributed by atoms with Gasteiger partial charge in [-0.25, -0.2) is 0 Å². The Morgan fingerprint density at radius 3 is 2.44 bits per heavy atom. The third kappa shape index (κ3) is 5.82. The number of hydrogen-bond donors (Lipinski definition) is 1. The minimum atomic E-state index is -0.603. The molecule has 0 saturated heterocycles. The van der Waals surface area contributed by atoms with Gasteiger partial charge in [-0.2, -0.15) is 0 Å². The van der Waals surface area contributed by atoms with Gasteiger partial charge < -0.3 is 15.0 Å². The quantitative estimate of drug-likeness (QED) is 0.726. The molecule has 1 N–H and O–H groups in total. The Hall–Kier alpha value is -2.34. The number of hydrogen-bond acceptors (Lipinski definition) is 3. The molecule has 0 heterocycles. The zero-order valence-electron chi connectivity index (χ0n) is 16.1. The highest BCUT2D eigenvalue weighted by Crippen LogP contribution is 2.20. The Bertz CT molecular complexity index is 806. The van der Waals surface area contributed by atoms with Crippen LogP contribution in [0.3, 0.4) is 0 Å². The molecule has 5 nitrogen and oxygen atoms in total. The van der Waals surface area contributed by atoms with Gasteiger partial charge in [-0.3, -0.25) is 9.59 Å². The van der Waals surface area contributed by atoms with E-state index in [1.165, 1.54) is 4.90 Å². The summed E-state index contributed by atoms with van der Waals surface area (Å²) in [7, 11) is 1.56. The fourth-order valence-electron chi connectivity index (χ4n) is 2.66. The van der Waals surface area contributed by atoms with Gasteiger partial charge in [-0.15, -0.1) is 0 Å². The number of ether oxygens (including phenoxy) is 1. The average Bonchev–Trinajstić information content (AvgIpc) is 2.66. The Labute approximate surface area is 168 Å². The third-order valence-electron chi connectivity index (χ3n) is 4.37. The first-order valence-corrected chi connectivity index (χ1v) is 9.56. The molecule has 0 spiro atoms. The molecule has 144 valence electrons. The van der Waals surface area contributed by atoms with E-state index in [2.05, 4.69) is 21.2 Å². The van der Waals surface area contributed by atoms with Crippen molar-refractivity contribution in [3.05, 3.63) is 63.6 Å². The Kier molecular flexibility index (Phi) is 7.42. The largest absolute Gasteiger partial charge is 0.483 e. The van der Waals surface area contributed by atoms with E-state index < -0.39 is 6.04 Å². The molecule has 2 aromatic carbocycles. The smallest absolute Gasteiger partial charge is 0.261 e. The summed E-state index contributed by atoms with van der Waals surface area (Å²) in [6, 6.07) is 12.9. The monoisotopic (exact) mass is 432 g/mol. The van der Waals surface area contributed by atoms with E-state index in [4.69, 9.17) is 4.74 Å². The number of carbonyl (C=O) groups is 2. The summed E-state index contributed by atoms with van der Waals surface area (Å²) in [6.07, 6.45) is 0. The average molecular weight is 433 g/mol. The first kappa shape index (κ1) is 21.0. The van der Waals surface area contributed by atoms with Gasteiger partial charge in [-0.05, 0) is 55.7 Å². The van der Waals surface area contributed by atoms with Crippen molar-refractivity contribution in [3.8, 4) is 5.75 Å². The number of aryl methyl sites for hydroxylation is 2. The zero-order valence-corrected chi connectivity index (χ0v) is 17.7. The van der Waals surface area contributed by atoms with Gasteiger partial charge in [0.25, 0.3) is 5.91 Å². The second-order valence-corrected chi connectivity index (χ2v) is 7.41. The second-order valence-electron chi connectivity index (χ2n) is 6.50. The molecule has 6 heteroatoms. The maximum Gasteiger partial charge on any atom is 0.261 e. The molecule has 0 saturated carbocycles. The van der Waals surface area contributed by atoms with Gasteiger partial charge in [0.15, 0.2) is 6.61 Å². The summed E-state index contributed by atoms with van der Waals surface area (Å²) in [5.74, 6) is 0.224. The Balaban J connectivity index is 2.15. The normalized spacial score (nSPS) is 11.6. The summed E-state index contributed by atoms with van der Waals surface area (Å²) < 4.78 is 6.71.